The summed E-state index contributed by atoms with van der Waals surface area (Å²) < 4.78 is -0.750. The summed E-state index contributed by atoms with van der Waals surface area (Å²) in [5, 5.41) is 16.8. The lowest BCUT2D eigenvalue weighted by molar-refractivity contribution is -0.138. The molecule has 0 aromatic rings. The van der Waals surface area contributed by atoms with Crippen LogP contribution in [0.1, 0.15) is 64.2 Å². The van der Waals surface area contributed by atoms with Gasteiger partial charge in [0.25, 0.3) is 0 Å². The Hall–Kier alpha value is -0.190. The zero-order chi connectivity index (χ0) is 15.8. The summed E-state index contributed by atoms with van der Waals surface area (Å²) in [7, 11) is 0. The van der Waals surface area contributed by atoms with E-state index in [0.717, 1.165) is 51.4 Å². The molecule has 0 aromatic heterocycles. The average Bonchev–Trinajstić information content (AvgIpc) is 2.30. The first-order chi connectivity index (χ1) is 9.36. The van der Waals surface area contributed by atoms with E-state index in [4.69, 9.17) is 45.0 Å². The van der Waals surface area contributed by atoms with E-state index >= 15 is 0 Å². The van der Waals surface area contributed by atoms with Gasteiger partial charge >= 0.3 is 11.9 Å². The molecule has 0 atom stereocenters. The van der Waals surface area contributed by atoms with Gasteiger partial charge in [-0.05, 0) is 12.8 Å². The van der Waals surface area contributed by atoms with Gasteiger partial charge in [-0.2, -0.15) is 0 Å². The van der Waals surface area contributed by atoms with Crippen LogP contribution in [0.25, 0.3) is 0 Å². The number of hydrogen-bond acceptors (Lipinski definition) is 2. The van der Waals surface area contributed by atoms with Gasteiger partial charge in [0, 0.05) is 12.8 Å². The lowest BCUT2D eigenvalue weighted by atomic mass is 10.1. The predicted octanol–water partition coefficient (Wildman–Crippen LogP) is 5.04. The number of unbranched alkanes of at least 4 members (excludes halogenated alkanes) is 7. The number of rotatable bonds is 11. The van der Waals surface area contributed by atoms with Crippen LogP contribution in [0, 0.1) is 0 Å². The van der Waals surface area contributed by atoms with E-state index in [9.17, 15) is 9.59 Å². The van der Waals surface area contributed by atoms with Crippen LogP contribution < -0.4 is 0 Å². The zero-order valence-electron chi connectivity index (χ0n) is 11.5. The fraction of sp³-hybridized carbons (Fsp3) is 0.846. The fourth-order valence-corrected chi connectivity index (χ4v) is 1.61. The van der Waals surface area contributed by atoms with Crippen LogP contribution in [0.2, 0.25) is 0 Å². The first-order valence-corrected chi connectivity index (χ1v) is 8.03. The maximum absolute atomic E-state index is 10.2. The smallest absolute Gasteiger partial charge is 0.303 e. The van der Waals surface area contributed by atoms with Crippen molar-refractivity contribution in [2.24, 2.45) is 0 Å². The third-order valence-corrected chi connectivity index (χ3v) is 2.53. The van der Waals surface area contributed by atoms with Crippen molar-refractivity contribution in [2.75, 3.05) is 0 Å². The van der Waals surface area contributed by atoms with Crippen LogP contribution in [0.15, 0.2) is 0 Å². The highest BCUT2D eigenvalue weighted by Crippen LogP contribution is 2.10. The SMILES string of the molecule is ClC(Cl)Cl.O=C(O)CCCCCCCCCCC(=O)O. The number of aliphatic carboxylic acids is 2. The Bertz CT molecular complexity index is 223. The van der Waals surface area contributed by atoms with E-state index in [2.05, 4.69) is 0 Å². The van der Waals surface area contributed by atoms with Crippen molar-refractivity contribution in [3.8, 4) is 0 Å². The van der Waals surface area contributed by atoms with Gasteiger partial charge in [-0.3, -0.25) is 9.59 Å². The minimum Gasteiger partial charge on any atom is -0.481 e. The minimum absolute atomic E-state index is 0.276. The Morgan fingerprint density at radius 3 is 1.05 bits per heavy atom. The van der Waals surface area contributed by atoms with E-state index < -0.39 is 16.2 Å². The van der Waals surface area contributed by atoms with Crippen LogP contribution in [-0.4, -0.2) is 26.4 Å². The van der Waals surface area contributed by atoms with Gasteiger partial charge in [0.2, 0.25) is 0 Å². The van der Waals surface area contributed by atoms with E-state index in [0.29, 0.717) is 0 Å². The molecule has 2 N–H and O–H groups in total. The van der Waals surface area contributed by atoms with Crippen molar-refractivity contribution in [2.45, 2.75) is 68.5 Å². The molecule has 0 aromatic carbocycles. The molecule has 0 amide bonds. The standard InChI is InChI=1S/C12H22O4.CHCl3/c13-11(14)9-7-5-3-1-2-4-6-8-10-12(15)16;2-1(3)4/h1-10H2,(H,13,14)(H,15,16);1H. The molecule has 0 aliphatic heterocycles. The molecular weight excluding hydrogens is 326 g/mol. The van der Waals surface area contributed by atoms with E-state index in [-0.39, 0.29) is 12.8 Å². The molecule has 7 heteroatoms. The van der Waals surface area contributed by atoms with Crippen molar-refractivity contribution in [3.05, 3.63) is 0 Å². The van der Waals surface area contributed by atoms with Crippen molar-refractivity contribution in [1.29, 1.82) is 0 Å². The molecule has 0 bridgehead atoms. The first-order valence-electron chi connectivity index (χ1n) is 6.72. The molecule has 0 saturated heterocycles. The van der Waals surface area contributed by atoms with Crippen molar-refractivity contribution in [3.63, 3.8) is 0 Å². The summed E-state index contributed by atoms with van der Waals surface area (Å²) in [6, 6.07) is 0. The lowest BCUT2D eigenvalue weighted by Gasteiger charge is -2.00. The summed E-state index contributed by atoms with van der Waals surface area (Å²) in [5.41, 5.74) is 0. The Morgan fingerprint density at radius 2 is 0.850 bits per heavy atom. The molecule has 120 valence electrons. The molecule has 0 unspecified atom stereocenters. The minimum atomic E-state index is -0.750. The molecule has 0 fully saturated rings. The van der Waals surface area contributed by atoms with Crippen molar-refractivity contribution in [1.82, 2.24) is 0 Å². The highest BCUT2D eigenvalue weighted by Gasteiger charge is 1.98. The topological polar surface area (TPSA) is 74.6 Å². The van der Waals surface area contributed by atoms with Gasteiger partial charge in [-0.25, -0.2) is 0 Å². The molecule has 0 rings (SSSR count). The molecule has 0 spiro atoms. The van der Waals surface area contributed by atoms with Gasteiger partial charge < -0.3 is 10.2 Å². The maximum atomic E-state index is 10.2. The Labute approximate surface area is 135 Å². The van der Waals surface area contributed by atoms with Gasteiger partial charge in [-0.1, -0.05) is 73.3 Å². The molecular formula is C13H23Cl3O4. The average molecular weight is 350 g/mol. The molecule has 0 aliphatic carbocycles. The van der Waals surface area contributed by atoms with Crippen LogP contribution in [0.4, 0.5) is 0 Å². The second-order valence-corrected chi connectivity index (χ2v) is 6.34. The van der Waals surface area contributed by atoms with Crippen LogP contribution >= 0.6 is 34.8 Å². The predicted molar refractivity (Wildman–Crippen MR) is 82.8 cm³/mol. The number of alkyl halides is 3. The number of carboxylic acid groups (broad SMARTS) is 2. The van der Waals surface area contributed by atoms with Gasteiger partial charge in [-0.15, -0.1) is 0 Å². The number of carbonyl (C=O) groups is 2. The molecule has 0 heterocycles. The van der Waals surface area contributed by atoms with Gasteiger partial charge in [0.15, 0.2) is 4.30 Å². The zero-order valence-corrected chi connectivity index (χ0v) is 13.8. The largest absolute Gasteiger partial charge is 0.481 e. The number of hydrogen-bond donors (Lipinski definition) is 2. The quantitative estimate of drug-likeness (QED) is 0.404. The molecule has 4 nitrogen and oxygen atoms in total. The molecule has 0 aliphatic rings. The second kappa shape index (κ2) is 16.9. The monoisotopic (exact) mass is 348 g/mol. The van der Waals surface area contributed by atoms with Crippen LogP contribution in [0.5, 0.6) is 0 Å². The van der Waals surface area contributed by atoms with Gasteiger partial charge in [0.1, 0.15) is 0 Å². The number of halogens is 3. The highest BCUT2D eigenvalue weighted by atomic mass is 35.6. The van der Waals surface area contributed by atoms with Crippen molar-refractivity contribution >= 4 is 46.7 Å². The molecule has 0 saturated carbocycles. The third kappa shape index (κ3) is 30.7. The summed E-state index contributed by atoms with van der Waals surface area (Å²) in [5.74, 6) is -1.43. The Morgan fingerprint density at radius 1 is 0.650 bits per heavy atom. The van der Waals surface area contributed by atoms with E-state index in [1.807, 2.05) is 0 Å². The van der Waals surface area contributed by atoms with Crippen molar-refractivity contribution < 1.29 is 19.8 Å². The van der Waals surface area contributed by atoms with E-state index in [1.54, 1.807) is 0 Å². The van der Waals surface area contributed by atoms with Gasteiger partial charge in [0.05, 0.1) is 0 Å². The first kappa shape index (κ1) is 22.1. The summed E-state index contributed by atoms with van der Waals surface area (Å²) in [4.78, 5) is 20.4. The third-order valence-electron chi connectivity index (χ3n) is 2.53. The second-order valence-electron chi connectivity index (χ2n) is 4.36. The number of carboxylic acids is 2. The highest BCUT2D eigenvalue weighted by molar-refractivity contribution is 6.63. The van der Waals surface area contributed by atoms with Crippen LogP contribution in [0.3, 0.4) is 0 Å². The Balaban J connectivity index is 0. The van der Waals surface area contributed by atoms with E-state index in [1.165, 1.54) is 0 Å². The normalized spacial score (nSPS) is 10.0. The molecule has 0 radical (unpaired) electrons. The summed E-state index contributed by atoms with van der Waals surface area (Å²) in [6.07, 6.45) is 8.51. The maximum Gasteiger partial charge on any atom is 0.303 e. The summed E-state index contributed by atoms with van der Waals surface area (Å²) in [6.45, 7) is 0. The lowest BCUT2D eigenvalue weighted by Crippen LogP contribution is -1.94. The van der Waals surface area contributed by atoms with Crippen LogP contribution in [-0.2, 0) is 9.59 Å². The fourth-order valence-electron chi connectivity index (χ4n) is 1.61. The Kier molecular flexibility index (Phi) is 18.6. The summed E-state index contributed by atoms with van der Waals surface area (Å²) >= 11 is 14.4. The molecule has 20 heavy (non-hydrogen) atoms.